The number of thiophene rings is 1. The molecule has 154 valence electrons. The first-order chi connectivity index (χ1) is 14.5. The Morgan fingerprint density at radius 3 is 2.60 bits per heavy atom. The highest BCUT2D eigenvalue weighted by molar-refractivity contribution is 8.01. The van der Waals surface area contributed by atoms with Crippen LogP contribution in [0.25, 0.3) is 0 Å². The lowest BCUT2D eigenvalue weighted by atomic mass is 10.0. The van der Waals surface area contributed by atoms with Crippen LogP contribution in [-0.4, -0.2) is 17.1 Å². The minimum atomic E-state index is -0.450. The molecule has 0 spiro atoms. The first-order valence-corrected chi connectivity index (χ1v) is 11.7. The van der Waals surface area contributed by atoms with Crippen molar-refractivity contribution in [2.24, 2.45) is 5.92 Å². The predicted octanol–water partition coefficient (Wildman–Crippen LogP) is 5.02. The van der Waals surface area contributed by atoms with Gasteiger partial charge >= 0.3 is 0 Å². The Morgan fingerprint density at radius 2 is 1.87 bits per heavy atom. The second-order valence-electron chi connectivity index (χ2n) is 7.50. The summed E-state index contributed by atoms with van der Waals surface area (Å²) in [6.07, 6.45) is 0. The molecule has 3 aromatic rings. The number of benzene rings is 2. The van der Waals surface area contributed by atoms with Crippen molar-refractivity contribution in [2.75, 3.05) is 4.90 Å². The molecule has 1 aliphatic heterocycles. The molecule has 6 heteroatoms. The Bertz CT molecular complexity index is 1030. The number of hydrogen-bond donors (Lipinski definition) is 1. The van der Waals surface area contributed by atoms with Crippen LogP contribution in [0.4, 0.5) is 5.69 Å². The SMILES string of the molecule is Cc1ccc(CN2C(=O)[C@@H]([C@H](C)C(=O)NCc3cccs3)Sc3ccccc32)cc1. The van der Waals surface area contributed by atoms with Crippen molar-refractivity contribution in [3.05, 3.63) is 82.0 Å². The smallest absolute Gasteiger partial charge is 0.241 e. The van der Waals surface area contributed by atoms with Gasteiger partial charge in [-0.15, -0.1) is 23.1 Å². The maximum absolute atomic E-state index is 13.5. The van der Waals surface area contributed by atoms with Crippen molar-refractivity contribution >= 4 is 40.6 Å². The summed E-state index contributed by atoms with van der Waals surface area (Å²) in [7, 11) is 0. The standard InChI is InChI=1S/C24H24N2O2S2/c1-16-9-11-18(12-10-16)15-26-20-7-3-4-8-21(20)30-22(24(26)28)17(2)23(27)25-14-19-6-5-13-29-19/h3-13,17,22H,14-15H2,1-2H3,(H,25,27)/t17-,22+/m0/s1. The molecule has 2 heterocycles. The van der Waals surface area contributed by atoms with Crippen LogP contribution in [-0.2, 0) is 22.7 Å². The molecule has 1 N–H and O–H groups in total. The highest BCUT2D eigenvalue weighted by Crippen LogP contribution is 2.42. The van der Waals surface area contributed by atoms with Gasteiger partial charge in [0.05, 0.1) is 24.7 Å². The van der Waals surface area contributed by atoms with E-state index >= 15 is 0 Å². The average Bonchev–Trinajstić information content (AvgIpc) is 3.28. The van der Waals surface area contributed by atoms with Crippen LogP contribution in [0.5, 0.6) is 0 Å². The molecule has 0 radical (unpaired) electrons. The number of anilines is 1. The molecule has 0 aliphatic carbocycles. The molecular formula is C24H24N2O2S2. The topological polar surface area (TPSA) is 49.4 Å². The van der Waals surface area contributed by atoms with Gasteiger partial charge in [0.15, 0.2) is 0 Å². The van der Waals surface area contributed by atoms with Gasteiger partial charge in [0.25, 0.3) is 0 Å². The van der Waals surface area contributed by atoms with Crippen LogP contribution in [0.2, 0.25) is 0 Å². The largest absolute Gasteiger partial charge is 0.351 e. The fraction of sp³-hybridized carbons (Fsp3) is 0.250. The summed E-state index contributed by atoms with van der Waals surface area (Å²) in [6.45, 7) is 4.89. The van der Waals surface area contributed by atoms with Crippen molar-refractivity contribution in [2.45, 2.75) is 37.1 Å². The van der Waals surface area contributed by atoms with E-state index < -0.39 is 11.2 Å². The van der Waals surface area contributed by atoms with Crippen LogP contribution in [0.15, 0.2) is 70.9 Å². The molecular weight excluding hydrogens is 412 g/mol. The first kappa shape index (κ1) is 20.7. The lowest BCUT2D eigenvalue weighted by Crippen LogP contribution is -2.47. The molecule has 1 aromatic heterocycles. The molecule has 0 saturated heterocycles. The van der Waals surface area contributed by atoms with E-state index in [2.05, 4.69) is 29.6 Å². The van der Waals surface area contributed by atoms with Crippen LogP contribution in [0.1, 0.15) is 22.9 Å². The van der Waals surface area contributed by atoms with Gasteiger partial charge in [-0.25, -0.2) is 0 Å². The molecule has 4 rings (SSSR count). The van der Waals surface area contributed by atoms with Gasteiger partial charge in [-0.3, -0.25) is 9.59 Å². The highest BCUT2D eigenvalue weighted by atomic mass is 32.2. The molecule has 30 heavy (non-hydrogen) atoms. The van der Waals surface area contributed by atoms with E-state index in [9.17, 15) is 9.59 Å². The Kier molecular flexibility index (Phi) is 6.25. The normalized spacial score (nSPS) is 16.8. The van der Waals surface area contributed by atoms with E-state index in [0.29, 0.717) is 13.1 Å². The Balaban J connectivity index is 1.54. The molecule has 0 fully saturated rings. The summed E-state index contributed by atoms with van der Waals surface area (Å²) in [4.78, 5) is 30.2. The molecule has 4 nitrogen and oxygen atoms in total. The van der Waals surface area contributed by atoms with Gasteiger partial charge in [0, 0.05) is 9.77 Å². The summed E-state index contributed by atoms with van der Waals surface area (Å²) < 4.78 is 0. The molecule has 2 atom stereocenters. The second-order valence-corrected chi connectivity index (χ2v) is 9.72. The van der Waals surface area contributed by atoms with Gasteiger partial charge in [0.1, 0.15) is 5.25 Å². The monoisotopic (exact) mass is 436 g/mol. The number of nitrogens with one attached hydrogen (secondary N) is 1. The quantitative estimate of drug-likeness (QED) is 0.590. The highest BCUT2D eigenvalue weighted by Gasteiger charge is 2.39. The van der Waals surface area contributed by atoms with E-state index in [1.54, 1.807) is 11.3 Å². The van der Waals surface area contributed by atoms with Crippen molar-refractivity contribution in [1.82, 2.24) is 5.32 Å². The summed E-state index contributed by atoms with van der Waals surface area (Å²) in [5.74, 6) is -0.543. The van der Waals surface area contributed by atoms with E-state index in [1.165, 1.54) is 17.3 Å². The first-order valence-electron chi connectivity index (χ1n) is 9.95. The molecule has 0 bridgehead atoms. The van der Waals surface area contributed by atoms with Crippen molar-refractivity contribution < 1.29 is 9.59 Å². The lowest BCUT2D eigenvalue weighted by molar-refractivity contribution is -0.128. The van der Waals surface area contributed by atoms with Crippen molar-refractivity contribution in [1.29, 1.82) is 0 Å². The fourth-order valence-electron chi connectivity index (χ4n) is 3.48. The number of amides is 2. The van der Waals surface area contributed by atoms with Gasteiger partial charge < -0.3 is 10.2 Å². The van der Waals surface area contributed by atoms with Crippen LogP contribution < -0.4 is 10.2 Å². The zero-order valence-corrected chi connectivity index (χ0v) is 18.6. The number of thioether (sulfide) groups is 1. The number of fused-ring (bicyclic) bond motifs is 1. The average molecular weight is 437 g/mol. The molecule has 2 aromatic carbocycles. The zero-order chi connectivity index (χ0) is 21.1. The number of aryl methyl sites for hydroxylation is 1. The molecule has 0 unspecified atom stereocenters. The number of rotatable bonds is 6. The van der Waals surface area contributed by atoms with Gasteiger partial charge in [-0.05, 0) is 36.1 Å². The van der Waals surface area contributed by atoms with E-state index in [1.807, 2.05) is 60.5 Å². The minimum absolute atomic E-state index is 0.0157. The molecule has 2 amide bonds. The summed E-state index contributed by atoms with van der Waals surface area (Å²) in [5, 5.41) is 4.53. The van der Waals surface area contributed by atoms with Crippen molar-refractivity contribution in [3.8, 4) is 0 Å². The minimum Gasteiger partial charge on any atom is -0.351 e. The number of hydrogen-bond acceptors (Lipinski definition) is 4. The Hall–Kier alpha value is -2.57. The van der Waals surface area contributed by atoms with Crippen LogP contribution in [0, 0.1) is 12.8 Å². The third-order valence-corrected chi connectivity index (χ3v) is 7.60. The number of carbonyl (C=O) groups is 2. The third-order valence-electron chi connectivity index (χ3n) is 5.27. The molecule has 1 aliphatic rings. The van der Waals surface area contributed by atoms with Gasteiger partial charge in [-0.1, -0.05) is 55.0 Å². The third kappa shape index (κ3) is 4.45. The van der Waals surface area contributed by atoms with E-state index in [0.717, 1.165) is 21.0 Å². The maximum atomic E-state index is 13.5. The Labute approximate surface area is 185 Å². The zero-order valence-electron chi connectivity index (χ0n) is 17.0. The number of carbonyl (C=O) groups excluding carboxylic acids is 2. The fourth-order valence-corrected chi connectivity index (χ4v) is 5.41. The number of para-hydroxylation sites is 1. The van der Waals surface area contributed by atoms with E-state index in [4.69, 9.17) is 0 Å². The van der Waals surface area contributed by atoms with Gasteiger partial charge in [-0.2, -0.15) is 0 Å². The Morgan fingerprint density at radius 1 is 1.10 bits per heavy atom. The summed E-state index contributed by atoms with van der Waals surface area (Å²) >= 11 is 3.10. The van der Waals surface area contributed by atoms with Crippen LogP contribution in [0.3, 0.4) is 0 Å². The summed E-state index contributed by atoms with van der Waals surface area (Å²) in [6, 6.07) is 20.1. The molecule has 0 saturated carbocycles. The second kappa shape index (κ2) is 9.06. The summed E-state index contributed by atoms with van der Waals surface area (Å²) in [5.41, 5.74) is 3.17. The maximum Gasteiger partial charge on any atom is 0.241 e. The number of nitrogens with zero attached hydrogens (tertiary/aromatic N) is 1. The van der Waals surface area contributed by atoms with Crippen LogP contribution >= 0.6 is 23.1 Å². The van der Waals surface area contributed by atoms with Crippen molar-refractivity contribution in [3.63, 3.8) is 0 Å². The lowest BCUT2D eigenvalue weighted by Gasteiger charge is -2.35. The predicted molar refractivity (Wildman–Crippen MR) is 124 cm³/mol. The van der Waals surface area contributed by atoms with Gasteiger partial charge in [0.2, 0.25) is 11.8 Å². The van der Waals surface area contributed by atoms with E-state index in [-0.39, 0.29) is 11.8 Å².